The molecule has 3 rings (SSSR count). The van der Waals surface area contributed by atoms with Crippen molar-refractivity contribution in [3.63, 3.8) is 0 Å². The molecule has 3 atom stereocenters. The van der Waals surface area contributed by atoms with Crippen LogP contribution in [0.3, 0.4) is 0 Å². The van der Waals surface area contributed by atoms with Gasteiger partial charge in [-0.1, -0.05) is 67.2 Å². The molecular formula is C23H42N2P2. The molecule has 2 N–H and O–H groups in total. The zero-order valence-corrected chi connectivity index (χ0v) is 20.5. The first-order valence-electron chi connectivity index (χ1n) is 10.9. The summed E-state index contributed by atoms with van der Waals surface area (Å²) in [7, 11) is 3.32. The highest BCUT2D eigenvalue weighted by molar-refractivity contribution is 7.61. The maximum atomic E-state index is 3.66. The van der Waals surface area contributed by atoms with Gasteiger partial charge in [-0.05, 0) is 79.3 Å². The molecule has 3 unspecified atom stereocenters. The molecule has 154 valence electrons. The Hall–Kier alpha value is 0.260. The van der Waals surface area contributed by atoms with Crippen molar-refractivity contribution in [3.05, 3.63) is 23.3 Å². The minimum Gasteiger partial charge on any atom is -0.316 e. The lowest BCUT2D eigenvalue weighted by Gasteiger charge is -2.45. The van der Waals surface area contributed by atoms with Gasteiger partial charge in [0.05, 0.1) is 0 Å². The molecule has 0 amide bonds. The summed E-state index contributed by atoms with van der Waals surface area (Å²) in [5, 5.41) is 8.35. The molecule has 1 aliphatic carbocycles. The fourth-order valence-corrected chi connectivity index (χ4v) is 10.2. The van der Waals surface area contributed by atoms with Gasteiger partial charge in [-0.25, -0.2) is 0 Å². The van der Waals surface area contributed by atoms with Crippen molar-refractivity contribution in [1.29, 1.82) is 0 Å². The van der Waals surface area contributed by atoms with Gasteiger partial charge in [0.1, 0.15) is 0 Å². The summed E-state index contributed by atoms with van der Waals surface area (Å²) in [6, 6.07) is 0. The van der Waals surface area contributed by atoms with E-state index in [1.807, 2.05) is 0 Å². The van der Waals surface area contributed by atoms with Gasteiger partial charge in [0.25, 0.3) is 0 Å². The molecule has 0 bridgehead atoms. The van der Waals surface area contributed by atoms with Crippen LogP contribution in [0, 0.1) is 11.8 Å². The minimum absolute atomic E-state index is 0.102. The van der Waals surface area contributed by atoms with E-state index < -0.39 is 0 Å². The van der Waals surface area contributed by atoms with Gasteiger partial charge in [-0.15, -0.1) is 9.24 Å². The Labute approximate surface area is 171 Å². The molecule has 0 radical (unpaired) electrons. The van der Waals surface area contributed by atoms with Crippen molar-refractivity contribution in [2.75, 3.05) is 32.3 Å². The lowest BCUT2D eigenvalue weighted by Crippen LogP contribution is -2.43. The third kappa shape index (κ3) is 4.55. The molecule has 2 nitrogen and oxygen atoms in total. The summed E-state index contributed by atoms with van der Waals surface area (Å²) in [6.07, 6.45) is 10.0. The summed E-state index contributed by atoms with van der Waals surface area (Å²) in [4.78, 5) is 0. The van der Waals surface area contributed by atoms with Crippen LogP contribution in [0.5, 0.6) is 0 Å². The Morgan fingerprint density at radius 3 is 1.89 bits per heavy atom. The Kier molecular flexibility index (Phi) is 6.65. The van der Waals surface area contributed by atoms with Crippen LogP contribution in [0.15, 0.2) is 23.3 Å². The minimum atomic E-state index is -0.102. The van der Waals surface area contributed by atoms with Gasteiger partial charge in [0.15, 0.2) is 0 Å². The van der Waals surface area contributed by atoms with Gasteiger partial charge in [0, 0.05) is 5.16 Å². The smallest absolute Gasteiger partial charge is 0.0147 e. The predicted octanol–water partition coefficient (Wildman–Crippen LogP) is 5.15. The third-order valence-electron chi connectivity index (χ3n) is 6.97. The van der Waals surface area contributed by atoms with Crippen molar-refractivity contribution >= 4 is 17.2 Å². The quantitative estimate of drug-likeness (QED) is 0.615. The first-order valence-corrected chi connectivity index (χ1v) is 13.0. The molecule has 2 aliphatic heterocycles. The summed E-state index contributed by atoms with van der Waals surface area (Å²) in [5.74, 6) is 1.51. The summed E-state index contributed by atoms with van der Waals surface area (Å²) in [6.45, 7) is 19.5. The van der Waals surface area contributed by atoms with Crippen LogP contribution in [-0.4, -0.2) is 47.8 Å². The van der Waals surface area contributed by atoms with E-state index in [0.29, 0.717) is 10.3 Å². The number of allylic oxidation sites excluding steroid dienone is 4. The van der Waals surface area contributed by atoms with Crippen LogP contribution in [0.1, 0.15) is 60.8 Å². The molecule has 0 spiro atoms. The van der Waals surface area contributed by atoms with Crippen LogP contribution in [0.4, 0.5) is 0 Å². The highest BCUT2D eigenvalue weighted by Crippen LogP contribution is 2.61. The fourth-order valence-electron chi connectivity index (χ4n) is 5.76. The Balaban J connectivity index is 1.97. The maximum Gasteiger partial charge on any atom is 0.0147 e. The molecule has 27 heavy (non-hydrogen) atoms. The first-order chi connectivity index (χ1) is 12.5. The first kappa shape index (κ1) is 22.0. The molecule has 0 aromatic rings. The molecule has 2 saturated heterocycles. The lowest BCUT2D eigenvalue weighted by atomic mass is 9.73. The highest BCUT2D eigenvalue weighted by Gasteiger charge is 2.47. The van der Waals surface area contributed by atoms with Crippen molar-refractivity contribution in [2.24, 2.45) is 11.8 Å². The lowest BCUT2D eigenvalue weighted by molar-refractivity contribution is 0.332. The van der Waals surface area contributed by atoms with Gasteiger partial charge >= 0.3 is 0 Å². The van der Waals surface area contributed by atoms with Crippen LogP contribution < -0.4 is 10.6 Å². The fraction of sp³-hybridized carbons (Fsp3) is 0.826. The average molecular weight is 409 g/mol. The third-order valence-corrected chi connectivity index (χ3v) is 12.2. The zero-order valence-electron chi connectivity index (χ0n) is 18.5. The topological polar surface area (TPSA) is 24.1 Å². The van der Waals surface area contributed by atoms with Crippen molar-refractivity contribution in [2.45, 2.75) is 76.3 Å². The van der Waals surface area contributed by atoms with E-state index in [4.69, 9.17) is 0 Å². The van der Waals surface area contributed by atoms with Crippen LogP contribution in [0.25, 0.3) is 0 Å². The van der Waals surface area contributed by atoms with E-state index in [1.165, 1.54) is 51.6 Å². The molecule has 4 heteroatoms. The number of nitrogens with one attached hydrogen (secondary N) is 2. The zero-order chi connectivity index (χ0) is 19.9. The molecule has 0 saturated carbocycles. The second kappa shape index (κ2) is 8.18. The van der Waals surface area contributed by atoms with E-state index in [1.54, 1.807) is 11.1 Å². The molecule has 2 heterocycles. The Morgan fingerprint density at radius 1 is 0.963 bits per heavy atom. The van der Waals surface area contributed by atoms with E-state index in [9.17, 15) is 0 Å². The summed E-state index contributed by atoms with van der Waals surface area (Å²) in [5.41, 5.74) is 3.44. The largest absolute Gasteiger partial charge is 0.316 e. The summed E-state index contributed by atoms with van der Waals surface area (Å²) < 4.78 is 0. The SMILES string of the molecule is CC(C)(C)P(CC1=C(C(P)(C2CCNC2)C2CCNC2)CC=C1)C(C)(C)C. The van der Waals surface area contributed by atoms with E-state index in [0.717, 1.165) is 11.8 Å². The van der Waals surface area contributed by atoms with Crippen molar-refractivity contribution < 1.29 is 0 Å². The Morgan fingerprint density at radius 2 is 1.48 bits per heavy atom. The predicted molar refractivity (Wildman–Crippen MR) is 126 cm³/mol. The van der Waals surface area contributed by atoms with E-state index in [2.05, 4.69) is 73.6 Å². The average Bonchev–Trinajstić information content (AvgIpc) is 3.32. The monoisotopic (exact) mass is 408 g/mol. The maximum absolute atomic E-state index is 3.66. The number of hydrogen-bond donors (Lipinski definition) is 2. The van der Waals surface area contributed by atoms with Crippen LogP contribution in [0.2, 0.25) is 0 Å². The second-order valence-electron chi connectivity index (χ2n) is 10.9. The molecule has 0 aromatic carbocycles. The van der Waals surface area contributed by atoms with Gasteiger partial charge < -0.3 is 10.6 Å². The highest BCUT2D eigenvalue weighted by atomic mass is 31.1. The molecule has 2 fully saturated rings. The van der Waals surface area contributed by atoms with Gasteiger partial charge in [-0.3, -0.25) is 0 Å². The Bertz CT molecular complexity index is 552. The van der Waals surface area contributed by atoms with Crippen molar-refractivity contribution in [1.82, 2.24) is 10.6 Å². The normalized spacial score (nSPS) is 29.2. The molecule has 3 aliphatic rings. The van der Waals surface area contributed by atoms with E-state index >= 15 is 0 Å². The molecular weight excluding hydrogens is 366 g/mol. The van der Waals surface area contributed by atoms with Crippen LogP contribution >= 0.6 is 17.2 Å². The molecule has 0 aromatic heterocycles. The van der Waals surface area contributed by atoms with E-state index in [-0.39, 0.29) is 13.1 Å². The second-order valence-corrected chi connectivity index (χ2v) is 15.7. The van der Waals surface area contributed by atoms with Crippen molar-refractivity contribution in [3.8, 4) is 0 Å². The van der Waals surface area contributed by atoms with Crippen LogP contribution in [-0.2, 0) is 0 Å². The number of rotatable bonds is 5. The number of hydrogen-bond acceptors (Lipinski definition) is 2. The standard InChI is InChI=1S/C23H42N2P2/c1-21(2,3)27(22(4,5)6)16-17-8-7-9-20(17)23(26,18-10-12-24-14-18)19-11-13-25-15-19/h7-8,18-19,24-25H,9-16,26H2,1-6H3. The van der Waals surface area contributed by atoms with Gasteiger partial charge in [0.2, 0.25) is 0 Å². The van der Waals surface area contributed by atoms with Gasteiger partial charge in [-0.2, -0.15) is 0 Å². The summed E-state index contributed by atoms with van der Waals surface area (Å²) >= 11 is 0.